The minimum Gasteiger partial charge on any atom is -0.545 e. The normalized spacial score (nSPS) is 13.3. The third kappa shape index (κ3) is 3.63. The van der Waals surface area contributed by atoms with E-state index in [1.807, 2.05) is 0 Å². The molecule has 2 rings (SSSR count). The summed E-state index contributed by atoms with van der Waals surface area (Å²) in [4.78, 5) is 35.7. The van der Waals surface area contributed by atoms with Crippen molar-refractivity contribution < 1.29 is 24.2 Å². The average molecular weight is 325 g/mol. The van der Waals surface area contributed by atoms with E-state index < -0.39 is 17.8 Å². The summed E-state index contributed by atoms with van der Waals surface area (Å²) in [7, 11) is 1.48. The Labute approximate surface area is 131 Å². The summed E-state index contributed by atoms with van der Waals surface area (Å²) in [5, 5.41) is 16.3. The summed E-state index contributed by atoms with van der Waals surface area (Å²) in [6.07, 6.45) is 3.35. The number of ether oxygens (including phenoxy) is 1. The topological polar surface area (TPSA) is 108 Å². The minimum absolute atomic E-state index is 0.0118. The monoisotopic (exact) mass is 325 g/mol. The Morgan fingerprint density at radius 1 is 1.23 bits per heavy atom. The number of amides is 2. The van der Waals surface area contributed by atoms with Gasteiger partial charge in [0.15, 0.2) is 0 Å². The maximum Gasteiger partial charge on any atom is 0.314 e. The number of rotatable bonds is 5. The number of aromatic carboxylic acids is 1. The van der Waals surface area contributed by atoms with Gasteiger partial charge in [-0.2, -0.15) is 0 Å². The van der Waals surface area contributed by atoms with Gasteiger partial charge in [0.2, 0.25) is 0 Å². The average Bonchev–Trinajstić information content (AvgIpc) is 2.85. The molecule has 2 amide bonds. The molecule has 1 aliphatic carbocycles. The first kappa shape index (κ1) is 16.4. The van der Waals surface area contributed by atoms with Crippen molar-refractivity contribution in [2.75, 3.05) is 25.6 Å². The second-order valence-electron chi connectivity index (χ2n) is 4.91. The lowest BCUT2D eigenvalue weighted by atomic mass is 9.95. The maximum atomic E-state index is 11.8. The van der Waals surface area contributed by atoms with Crippen LogP contribution in [0.4, 0.5) is 5.00 Å². The van der Waals surface area contributed by atoms with Gasteiger partial charge in [0, 0.05) is 24.1 Å². The molecule has 120 valence electrons. The van der Waals surface area contributed by atoms with Crippen molar-refractivity contribution >= 4 is 34.1 Å². The van der Waals surface area contributed by atoms with Crippen molar-refractivity contribution in [1.29, 1.82) is 0 Å². The maximum absolute atomic E-state index is 11.8. The van der Waals surface area contributed by atoms with E-state index in [1.54, 1.807) is 0 Å². The van der Waals surface area contributed by atoms with Gasteiger partial charge in [-0.1, -0.05) is 0 Å². The second-order valence-corrected chi connectivity index (χ2v) is 6.01. The fourth-order valence-electron chi connectivity index (χ4n) is 2.38. The molecule has 2 N–H and O–H groups in total. The fraction of sp³-hybridized carbons (Fsp3) is 0.500. The molecular formula is C14H17N2O5S-. The summed E-state index contributed by atoms with van der Waals surface area (Å²) in [6.45, 7) is 0.494. The van der Waals surface area contributed by atoms with Crippen LogP contribution in [0.25, 0.3) is 0 Å². The molecule has 0 unspecified atom stereocenters. The molecule has 7 nitrogen and oxygen atoms in total. The quantitative estimate of drug-likeness (QED) is 0.570. The van der Waals surface area contributed by atoms with E-state index in [-0.39, 0.29) is 23.7 Å². The van der Waals surface area contributed by atoms with Crippen LogP contribution in [-0.2, 0) is 27.2 Å². The fourth-order valence-corrected chi connectivity index (χ4v) is 3.65. The number of thiophene rings is 1. The summed E-state index contributed by atoms with van der Waals surface area (Å²) in [6, 6.07) is 0. The molecule has 1 heterocycles. The number of hydrogen-bond donors (Lipinski definition) is 2. The molecule has 0 saturated heterocycles. The Balaban J connectivity index is 2.12. The Hall–Kier alpha value is -1.93. The molecule has 1 aromatic heterocycles. The van der Waals surface area contributed by atoms with Crippen LogP contribution in [0, 0.1) is 0 Å². The third-order valence-corrected chi connectivity index (χ3v) is 4.61. The van der Waals surface area contributed by atoms with Crippen molar-refractivity contribution in [2.24, 2.45) is 0 Å². The molecule has 0 spiro atoms. The molecule has 0 saturated carbocycles. The number of carboxylic acid groups (broad SMARTS) is 1. The lowest BCUT2D eigenvalue weighted by Gasteiger charge is -2.13. The molecule has 1 aliphatic rings. The van der Waals surface area contributed by atoms with E-state index >= 15 is 0 Å². The third-order valence-electron chi connectivity index (χ3n) is 3.40. The Kier molecular flexibility index (Phi) is 5.51. The van der Waals surface area contributed by atoms with Crippen molar-refractivity contribution in [3.05, 3.63) is 16.0 Å². The highest BCUT2D eigenvalue weighted by molar-refractivity contribution is 7.17. The number of anilines is 1. The van der Waals surface area contributed by atoms with Crippen molar-refractivity contribution in [2.45, 2.75) is 25.7 Å². The molecule has 8 heteroatoms. The van der Waals surface area contributed by atoms with Crippen LogP contribution in [0.15, 0.2) is 0 Å². The van der Waals surface area contributed by atoms with Gasteiger partial charge in [-0.05, 0) is 31.2 Å². The molecule has 0 radical (unpaired) electrons. The number of carbonyl (C=O) groups is 3. The number of nitrogens with one attached hydrogen (secondary N) is 2. The zero-order chi connectivity index (χ0) is 16.1. The number of hydrogen-bond acceptors (Lipinski definition) is 6. The molecule has 22 heavy (non-hydrogen) atoms. The van der Waals surface area contributed by atoms with Gasteiger partial charge in [-0.3, -0.25) is 9.59 Å². The van der Waals surface area contributed by atoms with Crippen LogP contribution in [0.5, 0.6) is 0 Å². The first-order chi connectivity index (χ1) is 10.5. The molecule has 0 aliphatic heterocycles. The SMILES string of the molecule is COCCNC(=O)C(=O)Nc1sc2c(c1C(=O)[O-])CCCC2. The van der Waals surface area contributed by atoms with E-state index in [2.05, 4.69) is 10.6 Å². The molecule has 0 fully saturated rings. The summed E-state index contributed by atoms with van der Waals surface area (Å²) >= 11 is 1.21. The smallest absolute Gasteiger partial charge is 0.314 e. The van der Waals surface area contributed by atoms with Gasteiger partial charge in [0.25, 0.3) is 0 Å². The van der Waals surface area contributed by atoms with Crippen molar-refractivity contribution in [3.8, 4) is 0 Å². The predicted octanol–water partition coefficient (Wildman–Crippen LogP) is -0.309. The van der Waals surface area contributed by atoms with Gasteiger partial charge >= 0.3 is 11.8 Å². The first-order valence-corrected chi connectivity index (χ1v) is 7.80. The summed E-state index contributed by atoms with van der Waals surface area (Å²) < 4.78 is 4.77. The summed E-state index contributed by atoms with van der Waals surface area (Å²) in [5.41, 5.74) is 0.740. The van der Waals surface area contributed by atoms with Gasteiger partial charge in [0.1, 0.15) is 5.00 Å². The zero-order valence-electron chi connectivity index (χ0n) is 12.2. The zero-order valence-corrected chi connectivity index (χ0v) is 13.0. The Morgan fingerprint density at radius 2 is 1.95 bits per heavy atom. The van der Waals surface area contributed by atoms with E-state index in [0.717, 1.165) is 29.7 Å². The molecular weight excluding hydrogens is 308 g/mol. The van der Waals surface area contributed by atoms with Crippen LogP contribution in [0.2, 0.25) is 0 Å². The number of methoxy groups -OCH3 is 1. The highest BCUT2D eigenvalue weighted by Gasteiger charge is 2.24. The highest BCUT2D eigenvalue weighted by Crippen LogP contribution is 2.37. The molecule has 1 aromatic rings. The largest absolute Gasteiger partial charge is 0.545 e. The lowest BCUT2D eigenvalue weighted by Crippen LogP contribution is -2.37. The van der Waals surface area contributed by atoms with Crippen LogP contribution < -0.4 is 15.7 Å². The standard InChI is InChI=1S/C14H18N2O5S/c1-21-7-6-15-11(17)12(18)16-13-10(14(19)20)8-4-2-3-5-9(8)22-13/h2-7H2,1H3,(H,15,17)(H,16,18)(H,19,20)/p-1. The predicted molar refractivity (Wildman–Crippen MR) is 78.8 cm³/mol. The van der Waals surface area contributed by atoms with E-state index in [0.29, 0.717) is 6.42 Å². The first-order valence-electron chi connectivity index (χ1n) is 6.98. The van der Waals surface area contributed by atoms with Crippen LogP contribution in [-0.4, -0.2) is 38.0 Å². The van der Waals surface area contributed by atoms with E-state index in [9.17, 15) is 19.5 Å². The molecule has 0 aromatic carbocycles. The number of aryl methyl sites for hydroxylation is 1. The van der Waals surface area contributed by atoms with Crippen LogP contribution in [0.1, 0.15) is 33.6 Å². The van der Waals surface area contributed by atoms with Crippen LogP contribution in [0.3, 0.4) is 0 Å². The van der Waals surface area contributed by atoms with Gasteiger partial charge in [-0.15, -0.1) is 11.3 Å². The number of carboxylic acids is 1. The van der Waals surface area contributed by atoms with Crippen molar-refractivity contribution in [3.63, 3.8) is 0 Å². The van der Waals surface area contributed by atoms with Crippen LogP contribution >= 0.6 is 11.3 Å². The minimum atomic E-state index is -1.32. The number of carbonyl (C=O) groups excluding carboxylic acids is 3. The van der Waals surface area contributed by atoms with Gasteiger partial charge < -0.3 is 25.3 Å². The van der Waals surface area contributed by atoms with Crippen molar-refractivity contribution in [1.82, 2.24) is 5.32 Å². The Bertz CT molecular complexity index is 596. The van der Waals surface area contributed by atoms with Gasteiger partial charge in [-0.25, -0.2) is 0 Å². The molecule has 0 bridgehead atoms. The molecule has 0 atom stereocenters. The van der Waals surface area contributed by atoms with Gasteiger partial charge in [0.05, 0.1) is 12.6 Å². The van der Waals surface area contributed by atoms with E-state index in [4.69, 9.17) is 4.74 Å². The van der Waals surface area contributed by atoms with E-state index in [1.165, 1.54) is 18.4 Å². The highest BCUT2D eigenvalue weighted by atomic mass is 32.1. The Morgan fingerprint density at radius 3 is 2.64 bits per heavy atom. The lowest BCUT2D eigenvalue weighted by molar-refractivity contribution is -0.255. The summed E-state index contributed by atoms with van der Waals surface area (Å²) in [5.74, 6) is -3.04. The number of fused-ring (bicyclic) bond motifs is 1. The second kappa shape index (κ2) is 7.37.